The van der Waals surface area contributed by atoms with Crippen molar-refractivity contribution < 1.29 is 12.6 Å². The molecule has 0 aliphatic rings. The molecule has 0 spiro atoms. The van der Waals surface area contributed by atoms with Gasteiger partial charge in [-0.15, -0.1) is 0 Å². The molecule has 1 rings (SSSR count). The smallest absolute Gasteiger partial charge is 0.264 e. The lowest BCUT2D eigenvalue weighted by atomic mass is 10.7. The maximum Gasteiger partial charge on any atom is 0.264 e. The van der Waals surface area contributed by atoms with Crippen LogP contribution in [0, 0.1) is 5.41 Å². The molecular weight excluding hydrogens is 194 g/mol. The summed E-state index contributed by atoms with van der Waals surface area (Å²) in [6, 6.07) is 0. The molecule has 74 valence electrons. The Morgan fingerprint density at radius 1 is 1.69 bits per heavy atom. The highest BCUT2D eigenvalue weighted by atomic mass is 32.2. The van der Waals surface area contributed by atoms with Gasteiger partial charge in [-0.1, -0.05) is 0 Å². The van der Waals surface area contributed by atoms with Crippen molar-refractivity contribution in [2.45, 2.75) is 6.54 Å². The van der Waals surface area contributed by atoms with Crippen molar-refractivity contribution in [2.75, 3.05) is 12.9 Å². The SMILES string of the molecule is CS(=O)(=O)OCCn1cc[nH]c1=N. The van der Waals surface area contributed by atoms with E-state index in [1.807, 2.05) is 0 Å². The Morgan fingerprint density at radius 2 is 2.38 bits per heavy atom. The Bertz CT molecular complexity index is 416. The van der Waals surface area contributed by atoms with Crippen molar-refractivity contribution in [3.8, 4) is 0 Å². The Labute approximate surface area is 75.8 Å². The van der Waals surface area contributed by atoms with Crippen LogP contribution in [0.2, 0.25) is 0 Å². The predicted octanol–water partition coefficient (Wildman–Crippen LogP) is -0.728. The van der Waals surface area contributed by atoms with E-state index in [0.29, 0.717) is 6.54 Å². The van der Waals surface area contributed by atoms with Gasteiger partial charge in [0, 0.05) is 12.4 Å². The number of nitrogens with one attached hydrogen (secondary N) is 2. The fourth-order valence-corrected chi connectivity index (χ4v) is 1.21. The molecule has 6 nitrogen and oxygen atoms in total. The molecule has 0 bridgehead atoms. The van der Waals surface area contributed by atoms with Crippen LogP contribution < -0.4 is 5.62 Å². The number of nitrogens with zero attached hydrogens (tertiary/aromatic N) is 1. The van der Waals surface area contributed by atoms with Crippen LogP contribution in [0.15, 0.2) is 12.4 Å². The second-order valence-corrected chi connectivity index (χ2v) is 4.17. The quantitative estimate of drug-likeness (QED) is 0.635. The highest BCUT2D eigenvalue weighted by Gasteiger charge is 2.01. The second-order valence-electron chi connectivity index (χ2n) is 2.53. The number of aromatic amines is 1. The molecule has 2 N–H and O–H groups in total. The van der Waals surface area contributed by atoms with E-state index in [9.17, 15) is 8.42 Å². The molecular formula is C6H11N3O3S. The summed E-state index contributed by atoms with van der Waals surface area (Å²) < 4.78 is 27.2. The van der Waals surface area contributed by atoms with Crippen LogP contribution >= 0.6 is 0 Å². The maximum absolute atomic E-state index is 10.6. The molecule has 0 saturated carbocycles. The molecule has 1 aromatic rings. The molecule has 0 amide bonds. The average molecular weight is 205 g/mol. The molecule has 0 unspecified atom stereocenters. The van der Waals surface area contributed by atoms with Crippen LogP contribution in [0.5, 0.6) is 0 Å². The molecule has 0 radical (unpaired) electrons. The third-order valence-corrected chi connectivity index (χ3v) is 1.99. The lowest BCUT2D eigenvalue weighted by Crippen LogP contribution is -2.20. The molecule has 1 heterocycles. The zero-order chi connectivity index (χ0) is 9.90. The van der Waals surface area contributed by atoms with Crippen molar-refractivity contribution in [1.82, 2.24) is 9.55 Å². The summed E-state index contributed by atoms with van der Waals surface area (Å²) in [4.78, 5) is 2.64. The van der Waals surface area contributed by atoms with E-state index in [2.05, 4.69) is 9.17 Å². The first-order valence-electron chi connectivity index (χ1n) is 3.62. The molecule has 0 aliphatic carbocycles. The van der Waals surface area contributed by atoms with Crippen molar-refractivity contribution in [1.29, 1.82) is 5.41 Å². The largest absolute Gasteiger partial charge is 0.331 e. The zero-order valence-corrected chi connectivity index (χ0v) is 7.97. The summed E-state index contributed by atoms with van der Waals surface area (Å²) in [6.45, 7) is 0.392. The average Bonchev–Trinajstić information content (AvgIpc) is 2.34. The lowest BCUT2D eigenvalue weighted by molar-refractivity contribution is 0.301. The summed E-state index contributed by atoms with van der Waals surface area (Å²) in [7, 11) is -3.37. The van der Waals surface area contributed by atoms with Crippen LogP contribution in [0.3, 0.4) is 0 Å². The number of aromatic nitrogens is 2. The summed E-state index contributed by atoms with van der Waals surface area (Å²) in [5.74, 6) is 0. The number of H-pyrrole nitrogens is 1. The first kappa shape index (κ1) is 10.0. The van der Waals surface area contributed by atoms with Gasteiger partial charge in [-0.25, -0.2) is 0 Å². The summed E-state index contributed by atoms with van der Waals surface area (Å²) in [5.41, 5.74) is 0.220. The van der Waals surface area contributed by atoms with Gasteiger partial charge < -0.3 is 9.55 Å². The molecule has 0 aliphatic heterocycles. The molecule has 1 aromatic heterocycles. The van der Waals surface area contributed by atoms with Crippen LogP contribution in [-0.2, 0) is 20.8 Å². The molecule has 0 saturated heterocycles. The van der Waals surface area contributed by atoms with Gasteiger partial charge in [0.25, 0.3) is 10.1 Å². The van der Waals surface area contributed by atoms with Gasteiger partial charge in [-0.05, 0) is 0 Å². The first-order valence-corrected chi connectivity index (χ1v) is 5.43. The second kappa shape index (κ2) is 3.75. The molecule has 7 heteroatoms. The summed E-state index contributed by atoms with van der Waals surface area (Å²) in [5, 5.41) is 7.29. The minimum Gasteiger partial charge on any atom is -0.331 e. The summed E-state index contributed by atoms with van der Waals surface area (Å²) in [6.07, 6.45) is 4.24. The first-order chi connectivity index (χ1) is 5.99. The monoisotopic (exact) mass is 205 g/mol. The lowest BCUT2D eigenvalue weighted by Gasteiger charge is -2.01. The van der Waals surface area contributed by atoms with Crippen LogP contribution in [0.4, 0.5) is 0 Å². The fourth-order valence-electron chi connectivity index (χ4n) is 0.837. The zero-order valence-electron chi connectivity index (χ0n) is 7.15. The maximum atomic E-state index is 10.6. The minimum absolute atomic E-state index is 0.0488. The topological polar surface area (TPSA) is 87.9 Å². The van der Waals surface area contributed by atoms with Crippen molar-refractivity contribution >= 4 is 10.1 Å². The number of imidazole rings is 1. The molecule has 13 heavy (non-hydrogen) atoms. The van der Waals surface area contributed by atoms with E-state index >= 15 is 0 Å². The standard InChI is InChI=1S/C6H11N3O3S/c1-13(10,11)12-5-4-9-3-2-8-6(9)7/h2-3H,4-5H2,1H3,(H2,7,8). The Kier molecular flexibility index (Phi) is 2.89. The van der Waals surface area contributed by atoms with Crippen molar-refractivity contribution in [3.05, 3.63) is 18.0 Å². The van der Waals surface area contributed by atoms with Gasteiger partial charge >= 0.3 is 0 Å². The van der Waals surface area contributed by atoms with Crippen LogP contribution in [0.25, 0.3) is 0 Å². The van der Waals surface area contributed by atoms with E-state index in [4.69, 9.17) is 5.41 Å². The highest BCUT2D eigenvalue weighted by molar-refractivity contribution is 7.85. The van der Waals surface area contributed by atoms with Crippen molar-refractivity contribution in [3.63, 3.8) is 0 Å². The van der Waals surface area contributed by atoms with E-state index in [1.54, 1.807) is 17.0 Å². The van der Waals surface area contributed by atoms with E-state index in [-0.39, 0.29) is 12.2 Å². The van der Waals surface area contributed by atoms with Gasteiger partial charge in [0.1, 0.15) is 0 Å². The Balaban J connectivity index is 2.46. The number of hydrogen-bond acceptors (Lipinski definition) is 4. The minimum atomic E-state index is -3.37. The van der Waals surface area contributed by atoms with Crippen LogP contribution in [0.1, 0.15) is 0 Å². The van der Waals surface area contributed by atoms with Gasteiger partial charge in [0.15, 0.2) is 5.62 Å². The fraction of sp³-hybridized carbons (Fsp3) is 0.500. The van der Waals surface area contributed by atoms with E-state index in [0.717, 1.165) is 6.26 Å². The molecule has 0 atom stereocenters. The van der Waals surface area contributed by atoms with Gasteiger partial charge in [-0.3, -0.25) is 9.59 Å². The number of rotatable bonds is 4. The third-order valence-electron chi connectivity index (χ3n) is 1.39. The van der Waals surface area contributed by atoms with E-state index in [1.165, 1.54) is 0 Å². The number of hydrogen-bond donors (Lipinski definition) is 2. The van der Waals surface area contributed by atoms with Crippen molar-refractivity contribution in [2.24, 2.45) is 0 Å². The highest BCUT2D eigenvalue weighted by Crippen LogP contribution is 1.87. The van der Waals surface area contributed by atoms with Gasteiger partial charge in [0.2, 0.25) is 0 Å². The predicted molar refractivity (Wildman–Crippen MR) is 45.4 cm³/mol. The normalized spacial score (nSPS) is 11.8. The van der Waals surface area contributed by atoms with E-state index < -0.39 is 10.1 Å². The molecule has 0 aromatic carbocycles. The Hall–Kier alpha value is -1.08. The third kappa shape index (κ3) is 3.43. The Morgan fingerprint density at radius 3 is 2.85 bits per heavy atom. The van der Waals surface area contributed by atoms with Gasteiger partial charge in [-0.2, -0.15) is 8.42 Å². The molecule has 0 fully saturated rings. The van der Waals surface area contributed by atoms with Gasteiger partial charge in [0.05, 0.1) is 19.4 Å². The summed E-state index contributed by atoms with van der Waals surface area (Å²) >= 11 is 0. The van der Waals surface area contributed by atoms with Crippen LogP contribution in [-0.4, -0.2) is 30.8 Å².